The zero-order chi connectivity index (χ0) is 9.07. The minimum absolute atomic E-state index is 0.662. The minimum atomic E-state index is -1.81. The molecular weight excluding hydrogens is 150 g/mol. The van der Waals surface area contributed by atoms with E-state index in [1.807, 2.05) is 0 Å². The summed E-state index contributed by atoms with van der Waals surface area (Å²) in [6.07, 6.45) is 0. The highest BCUT2D eigenvalue weighted by Crippen LogP contribution is 2.08. The first-order chi connectivity index (χ1) is 4.92. The van der Waals surface area contributed by atoms with E-state index in [9.17, 15) is 9.90 Å². The number of hydrogen-bond acceptors (Lipinski definition) is 4. The summed E-state index contributed by atoms with van der Waals surface area (Å²) in [5, 5.41) is 17.7. The van der Waals surface area contributed by atoms with Crippen LogP contribution in [0.15, 0.2) is 0 Å². The molecule has 0 aliphatic carbocycles. The van der Waals surface area contributed by atoms with E-state index in [-0.39, 0.29) is 0 Å². The van der Waals surface area contributed by atoms with E-state index >= 15 is 0 Å². The lowest BCUT2D eigenvalue weighted by molar-refractivity contribution is -0.163. The lowest BCUT2D eigenvalue weighted by Gasteiger charge is -2.25. The van der Waals surface area contributed by atoms with Gasteiger partial charge in [0.1, 0.15) is 0 Å². The monoisotopic (exact) mass is 163 g/mol. The molecule has 0 aliphatic rings. The first-order valence-electron chi connectivity index (χ1n) is 3.17. The Hall–Kier alpha value is -0.650. The Labute approximate surface area is 64.9 Å². The molecule has 0 radical (unpaired) electrons. The second-order valence-corrected chi connectivity index (χ2v) is 2.50. The number of rotatable bonds is 4. The van der Waals surface area contributed by atoms with Gasteiger partial charge in [0.25, 0.3) is 0 Å². The van der Waals surface area contributed by atoms with Crippen LogP contribution in [0.3, 0.4) is 0 Å². The highest BCUT2D eigenvalue weighted by Gasteiger charge is 2.36. The number of carboxylic acids is 1. The van der Waals surface area contributed by atoms with Crippen molar-refractivity contribution in [2.24, 2.45) is 0 Å². The zero-order valence-corrected chi connectivity index (χ0v) is 6.79. The molecule has 0 heterocycles. The molecule has 0 aromatic carbocycles. The van der Waals surface area contributed by atoms with E-state index < -0.39 is 17.6 Å². The predicted octanol–water partition coefficient (Wildman–Crippen LogP) is -0.639. The van der Waals surface area contributed by atoms with Crippen LogP contribution in [0.25, 0.3) is 0 Å². The molecule has 0 fully saturated rings. The van der Waals surface area contributed by atoms with Gasteiger partial charge in [-0.15, -0.1) is 0 Å². The van der Waals surface area contributed by atoms with Crippen molar-refractivity contribution in [3.63, 3.8) is 0 Å². The molecule has 0 amide bonds. The number of hydrogen-bond donors (Lipinski definition) is 3. The van der Waals surface area contributed by atoms with Crippen LogP contribution in [0.4, 0.5) is 0 Å². The number of carbonyl (C=O) groups is 1. The molecule has 3 N–H and O–H groups in total. The van der Waals surface area contributed by atoms with Crippen LogP contribution in [-0.2, 0) is 9.63 Å². The average Bonchev–Trinajstić information content (AvgIpc) is 1.88. The van der Waals surface area contributed by atoms with Gasteiger partial charge in [-0.05, 0) is 13.8 Å². The second-order valence-electron chi connectivity index (χ2n) is 2.50. The smallest absolute Gasteiger partial charge is 0.337 e. The van der Waals surface area contributed by atoms with Crippen LogP contribution in [0.2, 0.25) is 0 Å². The SMILES string of the molecule is CONC(C)C(C)(O)C(=O)O. The summed E-state index contributed by atoms with van der Waals surface area (Å²) in [5.74, 6) is -1.28. The topological polar surface area (TPSA) is 78.8 Å². The molecule has 0 saturated heterocycles. The number of aliphatic hydroxyl groups is 1. The van der Waals surface area contributed by atoms with Crippen molar-refractivity contribution < 1.29 is 19.8 Å². The van der Waals surface area contributed by atoms with Gasteiger partial charge < -0.3 is 15.1 Å². The van der Waals surface area contributed by atoms with Gasteiger partial charge in [0.15, 0.2) is 5.60 Å². The molecular formula is C6H13NO4. The van der Waals surface area contributed by atoms with Crippen LogP contribution in [0, 0.1) is 0 Å². The quantitative estimate of drug-likeness (QED) is 0.480. The molecule has 2 atom stereocenters. The Bertz CT molecular complexity index is 146. The Balaban J connectivity index is 4.17. The summed E-state index contributed by atoms with van der Waals surface area (Å²) in [4.78, 5) is 14.9. The van der Waals surface area contributed by atoms with Crippen LogP contribution >= 0.6 is 0 Å². The van der Waals surface area contributed by atoms with Crippen molar-refractivity contribution in [1.29, 1.82) is 0 Å². The highest BCUT2D eigenvalue weighted by atomic mass is 16.6. The summed E-state index contributed by atoms with van der Waals surface area (Å²) in [6.45, 7) is 2.71. The third-order valence-electron chi connectivity index (χ3n) is 1.57. The summed E-state index contributed by atoms with van der Waals surface area (Å²) in [6, 6.07) is -0.662. The lowest BCUT2D eigenvalue weighted by Crippen LogP contribution is -2.52. The largest absolute Gasteiger partial charge is 0.479 e. The Morgan fingerprint density at radius 2 is 2.18 bits per heavy atom. The number of aliphatic carboxylic acids is 1. The van der Waals surface area contributed by atoms with Gasteiger partial charge in [0, 0.05) is 0 Å². The van der Waals surface area contributed by atoms with Crippen molar-refractivity contribution in [2.75, 3.05) is 7.11 Å². The Morgan fingerprint density at radius 3 is 2.45 bits per heavy atom. The van der Waals surface area contributed by atoms with Gasteiger partial charge in [-0.3, -0.25) is 0 Å². The molecule has 0 rings (SSSR count). The van der Waals surface area contributed by atoms with Gasteiger partial charge >= 0.3 is 5.97 Å². The lowest BCUT2D eigenvalue weighted by atomic mass is 9.99. The average molecular weight is 163 g/mol. The first kappa shape index (κ1) is 10.3. The van der Waals surface area contributed by atoms with Crippen LogP contribution < -0.4 is 5.48 Å². The Morgan fingerprint density at radius 1 is 1.73 bits per heavy atom. The van der Waals surface area contributed by atoms with E-state index in [4.69, 9.17) is 5.11 Å². The Kier molecular flexibility index (Phi) is 3.44. The molecule has 0 aromatic heterocycles. The molecule has 11 heavy (non-hydrogen) atoms. The maximum atomic E-state index is 10.4. The van der Waals surface area contributed by atoms with E-state index in [1.165, 1.54) is 21.0 Å². The maximum absolute atomic E-state index is 10.4. The highest BCUT2D eigenvalue weighted by molar-refractivity contribution is 5.77. The van der Waals surface area contributed by atoms with E-state index in [0.717, 1.165) is 0 Å². The molecule has 66 valence electrons. The number of carboxylic acid groups (broad SMARTS) is 1. The van der Waals surface area contributed by atoms with Crippen molar-refractivity contribution in [3.8, 4) is 0 Å². The summed E-state index contributed by atoms with van der Waals surface area (Å²) in [7, 11) is 1.36. The fraction of sp³-hybridized carbons (Fsp3) is 0.833. The van der Waals surface area contributed by atoms with Gasteiger partial charge in [0.05, 0.1) is 13.2 Å². The molecule has 0 saturated carbocycles. The number of nitrogens with one attached hydrogen (secondary N) is 1. The van der Waals surface area contributed by atoms with Gasteiger partial charge in [-0.1, -0.05) is 0 Å². The maximum Gasteiger partial charge on any atom is 0.337 e. The molecule has 2 unspecified atom stereocenters. The van der Waals surface area contributed by atoms with Crippen molar-refractivity contribution >= 4 is 5.97 Å². The zero-order valence-electron chi connectivity index (χ0n) is 6.79. The van der Waals surface area contributed by atoms with E-state index in [0.29, 0.717) is 0 Å². The molecule has 5 nitrogen and oxygen atoms in total. The molecule has 0 aliphatic heterocycles. The molecule has 5 heteroatoms. The summed E-state index contributed by atoms with van der Waals surface area (Å²) < 4.78 is 0. The fourth-order valence-electron chi connectivity index (χ4n) is 0.477. The van der Waals surface area contributed by atoms with Crippen molar-refractivity contribution in [2.45, 2.75) is 25.5 Å². The predicted molar refractivity (Wildman–Crippen MR) is 37.9 cm³/mol. The van der Waals surface area contributed by atoms with Crippen molar-refractivity contribution in [3.05, 3.63) is 0 Å². The second kappa shape index (κ2) is 3.66. The standard InChI is InChI=1S/C6H13NO4/c1-4(7-11-3)6(2,10)5(8)9/h4,7,10H,1-3H3,(H,8,9). The van der Waals surface area contributed by atoms with Gasteiger partial charge in [0.2, 0.25) is 0 Å². The third kappa shape index (κ3) is 2.45. The molecule has 0 bridgehead atoms. The number of hydroxylamine groups is 1. The molecule has 0 aromatic rings. The van der Waals surface area contributed by atoms with Gasteiger partial charge in [-0.2, -0.15) is 5.48 Å². The minimum Gasteiger partial charge on any atom is -0.479 e. The first-order valence-corrected chi connectivity index (χ1v) is 3.17. The van der Waals surface area contributed by atoms with Gasteiger partial charge in [-0.25, -0.2) is 4.79 Å². The fourth-order valence-corrected chi connectivity index (χ4v) is 0.477. The third-order valence-corrected chi connectivity index (χ3v) is 1.57. The summed E-state index contributed by atoms with van der Waals surface area (Å²) in [5.41, 5.74) is 0.527. The van der Waals surface area contributed by atoms with Crippen LogP contribution in [-0.4, -0.2) is 34.9 Å². The van der Waals surface area contributed by atoms with Crippen LogP contribution in [0.1, 0.15) is 13.8 Å². The summed E-state index contributed by atoms with van der Waals surface area (Å²) >= 11 is 0. The normalized spacial score (nSPS) is 18.9. The van der Waals surface area contributed by atoms with E-state index in [2.05, 4.69) is 10.3 Å². The van der Waals surface area contributed by atoms with Crippen LogP contribution in [0.5, 0.6) is 0 Å². The van der Waals surface area contributed by atoms with E-state index in [1.54, 1.807) is 0 Å². The van der Waals surface area contributed by atoms with Crippen molar-refractivity contribution in [1.82, 2.24) is 5.48 Å². The molecule has 0 spiro atoms.